The van der Waals surface area contributed by atoms with Gasteiger partial charge in [-0.15, -0.1) is 0 Å². The fourth-order valence-electron chi connectivity index (χ4n) is 1.28. The zero-order valence-corrected chi connectivity index (χ0v) is 14.2. The second kappa shape index (κ2) is 7.83. The molecule has 23 heavy (non-hydrogen) atoms. The van der Waals surface area contributed by atoms with Crippen molar-refractivity contribution in [1.29, 1.82) is 0 Å². The molecular weight excluding hydrogens is 292 g/mol. The van der Waals surface area contributed by atoms with Crippen LogP contribution in [-0.2, 0) is 9.78 Å². The summed E-state index contributed by atoms with van der Waals surface area (Å²) in [5.74, 6) is 10.2. The molecule has 0 fully saturated rings. The quantitative estimate of drug-likeness (QED) is 0.512. The third-order valence-electron chi connectivity index (χ3n) is 3.09. The van der Waals surface area contributed by atoms with E-state index in [0.717, 1.165) is 6.42 Å². The summed E-state index contributed by atoms with van der Waals surface area (Å²) in [4.78, 5) is 21.5. The Bertz CT molecular complexity index is 661. The summed E-state index contributed by atoms with van der Waals surface area (Å²) in [5, 5.41) is 8.82. The SMILES string of the molecule is CCC(C)(C)OOC(C)(C)C#CC#Cc1ccc(C(=O)O)cc1. The van der Waals surface area contributed by atoms with Crippen molar-refractivity contribution in [3.8, 4) is 23.7 Å². The summed E-state index contributed by atoms with van der Waals surface area (Å²) >= 11 is 0. The third-order valence-corrected chi connectivity index (χ3v) is 3.09. The van der Waals surface area contributed by atoms with Gasteiger partial charge in [0.1, 0.15) is 0 Å². The van der Waals surface area contributed by atoms with Gasteiger partial charge in [-0.1, -0.05) is 18.8 Å². The van der Waals surface area contributed by atoms with Crippen LogP contribution >= 0.6 is 0 Å². The van der Waals surface area contributed by atoms with E-state index in [1.165, 1.54) is 12.1 Å². The van der Waals surface area contributed by atoms with Gasteiger partial charge < -0.3 is 5.11 Å². The number of hydrogen-bond acceptors (Lipinski definition) is 3. The van der Waals surface area contributed by atoms with E-state index >= 15 is 0 Å². The molecule has 0 aliphatic heterocycles. The molecule has 0 unspecified atom stereocenters. The van der Waals surface area contributed by atoms with Gasteiger partial charge in [0.15, 0.2) is 5.60 Å². The number of carbonyl (C=O) groups is 1. The summed E-state index contributed by atoms with van der Waals surface area (Å²) in [5.41, 5.74) is -0.205. The monoisotopic (exact) mass is 314 g/mol. The minimum absolute atomic E-state index is 0.229. The minimum atomic E-state index is -0.960. The first-order chi connectivity index (χ1) is 10.7. The van der Waals surface area contributed by atoms with E-state index in [-0.39, 0.29) is 11.2 Å². The van der Waals surface area contributed by atoms with Crippen LogP contribution in [-0.4, -0.2) is 22.3 Å². The Morgan fingerprint density at radius 1 is 1.09 bits per heavy atom. The molecule has 4 nitrogen and oxygen atoms in total. The fraction of sp³-hybridized carbons (Fsp3) is 0.421. The predicted octanol–water partition coefficient (Wildman–Crippen LogP) is 3.66. The van der Waals surface area contributed by atoms with Gasteiger partial charge in [-0.3, -0.25) is 0 Å². The van der Waals surface area contributed by atoms with Crippen LogP contribution in [0, 0.1) is 23.7 Å². The van der Waals surface area contributed by atoms with E-state index in [2.05, 4.69) is 23.7 Å². The Labute approximate surface area is 137 Å². The maximum atomic E-state index is 10.8. The Balaban J connectivity index is 2.68. The van der Waals surface area contributed by atoms with Crippen LogP contribution in [0.25, 0.3) is 0 Å². The number of hydrogen-bond donors (Lipinski definition) is 1. The molecule has 0 saturated carbocycles. The van der Waals surface area contributed by atoms with Crippen molar-refractivity contribution in [3.63, 3.8) is 0 Å². The van der Waals surface area contributed by atoms with Gasteiger partial charge in [0.2, 0.25) is 0 Å². The summed E-state index contributed by atoms with van der Waals surface area (Å²) in [6, 6.07) is 6.31. The van der Waals surface area contributed by atoms with Crippen molar-refractivity contribution in [2.24, 2.45) is 0 Å². The second-order valence-corrected chi connectivity index (χ2v) is 6.17. The lowest BCUT2D eigenvalue weighted by atomic mass is 10.1. The number of rotatable bonds is 5. The van der Waals surface area contributed by atoms with Crippen molar-refractivity contribution >= 4 is 5.97 Å². The molecule has 0 spiro atoms. The van der Waals surface area contributed by atoms with Crippen molar-refractivity contribution < 1.29 is 19.7 Å². The van der Waals surface area contributed by atoms with Crippen molar-refractivity contribution in [2.45, 2.75) is 52.2 Å². The van der Waals surface area contributed by atoms with Gasteiger partial charge in [0.05, 0.1) is 11.2 Å². The maximum Gasteiger partial charge on any atom is 0.335 e. The predicted molar refractivity (Wildman–Crippen MR) is 88.7 cm³/mol. The summed E-state index contributed by atoms with van der Waals surface area (Å²) < 4.78 is 0. The summed E-state index contributed by atoms with van der Waals surface area (Å²) in [6.07, 6.45) is 0.822. The number of aromatic carboxylic acids is 1. The van der Waals surface area contributed by atoms with Gasteiger partial charge in [-0.2, -0.15) is 0 Å². The second-order valence-electron chi connectivity index (χ2n) is 6.17. The van der Waals surface area contributed by atoms with Crippen LogP contribution in [0.3, 0.4) is 0 Å². The minimum Gasteiger partial charge on any atom is -0.478 e. The van der Waals surface area contributed by atoms with Crippen molar-refractivity contribution in [2.75, 3.05) is 0 Å². The van der Waals surface area contributed by atoms with Crippen molar-refractivity contribution in [1.82, 2.24) is 0 Å². The summed E-state index contributed by atoms with van der Waals surface area (Å²) in [6.45, 7) is 9.50. The van der Waals surface area contributed by atoms with E-state index in [1.54, 1.807) is 26.0 Å². The molecule has 1 aromatic rings. The highest BCUT2D eigenvalue weighted by Gasteiger charge is 2.23. The van der Waals surface area contributed by atoms with Crippen molar-refractivity contribution in [3.05, 3.63) is 35.4 Å². The Morgan fingerprint density at radius 3 is 2.22 bits per heavy atom. The average molecular weight is 314 g/mol. The van der Waals surface area contributed by atoms with Crippen LogP contribution in [0.5, 0.6) is 0 Å². The molecule has 1 aromatic carbocycles. The standard InChI is InChI=1S/C19H22O4/c1-6-18(2,3)22-23-19(4,5)14-8-7-9-15-10-12-16(13-11-15)17(20)21/h10-13H,6H2,1-5H3,(H,20,21). The molecule has 0 atom stereocenters. The van der Waals surface area contributed by atoms with E-state index < -0.39 is 11.6 Å². The zero-order chi connectivity index (χ0) is 17.5. The molecule has 0 radical (unpaired) electrons. The van der Waals surface area contributed by atoms with Crippen LogP contribution in [0.1, 0.15) is 57.0 Å². The molecule has 0 saturated heterocycles. The number of carboxylic acid groups (broad SMARTS) is 1. The Hall–Kier alpha value is -2.27. The number of benzene rings is 1. The average Bonchev–Trinajstić information content (AvgIpc) is 2.50. The van der Waals surface area contributed by atoms with Gasteiger partial charge in [0, 0.05) is 5.56 Å². The van der Waals surface area contributed by atoms with Gasteiger partial charge in [0.25, 0.3) is 0 Å². The smallest absolute Gasteiger partial charge is 0.335 e. The lowest BCUT2D eigenvalue weighted by molar-refractivity contribution is -0.388. The van der Waals surface area contributed by atoms with E-state index in [1.807, 2.05) is 20.8 Å². The first-order valence-corrected chi connectivity index (χ1v) is 7.38. The Kier molecular flexibility index (Phi) is 6.39. The highest BCUT2D eigenvalue weighted by Crippen LogP contribution is 2.18. The number of carboxylic acids is 1. The molecule has 122 valence electrons. The Morgan fingerprint density at radius 2 is 1.70 bits per heavy atom. The topological polar surface area (TPSA) is 55.8 Å². The molecule has 0 heterocycles. The molecule has 0 aliphatic rings. The summed E-state index contributed by atoms with van der Waals surface area (Å²) in [7, 11) is 0. The van der Waals surface area contributed by atoms with Gasteiger partial charge in [-0.05, 0) is 70.2 Å². The molecular formula is C19H22O4. The normalized spacial score (nSPS) is 11.0. The highest BCUT2D eigenvalue weighted by atomic mass is 17.2. The van der Waals surface area contributed by atoms with Gasteiger partial charge >= 0.3 is 5.97 Å². The first-order valence-electron chi connectivity index (χ1n) is 7.38. The zero-order valence-electron chi connectivity index (χ0n) is 14.2. The fourth-order valence-corrected chi connectivity index (χ4v) is 1.28. The molecule has 1 rings (SSSR count). The molecule has 4 heteroatoms. The lowest BCUT2D eigenvalue weighted by Crippen LogP contribution is -2.31. The maximum absolute atomic E-state index is 10.8. The van der Waals surface area contributed by atoms with Crippen LogP contribution < -0.4 is 0 Å². The van der Waals surface area contributed by atoms with E-state index in [9.17, 15) is 4.79 Å². The van der Waals surface area contributed by atoms with Crippen LogP contribution in [0.4, 0.5) is 0 Å². The molecule has 0 bridgehead atoms. The molecule has 0 aromatic heterocycles. The van der Waals surface area contributed by atoms with E-state index in [4.69, 9.17) is 14.9 Å². The molecule has 1 N–H and O–H groups in total. The van der Waals surface area contributed by atoms with Crippen LogP contribution in [0.2, 0.25) is 0 Å². The third kappa shape index (κ3) is 7.02. The largest absolute Gasteiger partial charge is 0.478 e. The van der Waals surface area contributed by atoms with Crippen LogP contribution in [0.15, 0.2) is 24.3 Å². The highest BCUT2D eigenvalue weighted by molar-refractivity contribution is 5.87. The van der Waals surface area contributed by atoms with Gasteiger partial charge in [-0.25, -0.2) is 14.6 Å². The molecule has 0 amide bonds. The molecule has 0 aliphatic carbocycles. The van der Waals surface area contributed by atoms with E-state index in [0.29, 0.717) is 5.56 Å². The lowest BCUT2D eigenvalue weighted by Gasteiger charge is -2.26. The first kappa shape index (κ1) is 18.8.